The van der Waals surface area contributed by atoms with Crippen LogP contribution in [0.3, 0.4) is 0 Å². The summed E-state index contributed by atoms with van der Waals surface area (Å²) in [7, 11) is 0. The molecule has 0 radical (unpaired) electrons. The number of aliphatic hydroxyl groups excluding tert-OH is 1. The number of carbonyl (C=O) groups is 1. The molecule has 20 heavy (non-hydrogen) atoms. The van der Waals surface area contributed by atoms with Crippen LogP contribution in [0.25, 0.3) is 0 Å². The average molecular weight is 277 g/mol. The van der Waals surface area contributed by atoms with E-state index in [9.17, 15) is 9.90 Å². The zero-order valence-corrected chi connectivity index (χ0v) is 11.9. The number of nitrogens with two attached hydrogens (primary N) is 1. The van der Waals surface area contributed by atoms with Gasteiger partial charge in [-0.15, -0.1) is 0 Å². The quantitative estimate of drug-likeness (QED) is 0.723. The first kappa shape index (κ1) is 14.7. The zero-order valence-electron chi connectivity index (χ0n) is 11.9. The number of carbonyl (C=O) groups excluding carboxylic acids is 1. The number of hydrogen-bond acceptors (Lipinski definition) is 4. The first-order valence-electron chi connectivity index (χ1n) is 7.19. The highest BCUT2D eigenvalue weighted by Gasteiger charge is 2.23. The van der Waals surface area contributed by atoms with E-state index in [0.717, 1.165) is 31.6 Å². The van der Waals surface area contributed by atoms with Gasteiger partial charge in [0.1, 0.15) is 0 Å². The van der Waals surface area contributed by atoms with E-state index in [0.29, 0.717) is 17.8 Å². The smallest absolute Gasteiger partial charge is 0.253 e. The van der Waals surface area contributed by atoms with Gasteiger partial charge in [0.2, 0.25) is 0 Å². The second kappa shape index (κ2) is 6.61. The van der Waals surface area contributed by atoms with Crippen LogP contribution in [0.15, 0.2) is 18.2 Å². The van der Waals surface area contributed by atoms with Crippen molar-refractivity contribution < 1.29 is 9.90 Å². The van der Waals surface area contributed by atoms with Gasteiger partial charge in [-0.2, -0.15) is 0 Å². The Kier molecular flexibility index (Phi) is 4.84. The van der Waals surface area contributed by atoms with Crippen molar-refractivity contribution in [2.45, 2.75) is 19.8 Å². The maximum Gasteiger partial charge on any atom is 0.253 e. The van der Waals surface area contributed by atoms with Gasteiger partial charge in [0.15, 0.2) is 0 Å². The molecule has 5 nitrogen and oxygen atoms in total. The molecule has 0 spiro atoms. The Bertz CT molecular complexity index is 476. The van der Waals surface area contributed by atoms with Crippen molar-refractivity contribution in [2.75, 3.05) is 36.9 Å². The van der Waals surface area contributed by atoms with Gasteiger partial charge >= 0.3 is 0 Å². The fraction of sp³-hybridized carbons (Fsp3) is 0.533. The molecule has 1 amide bonds. The Balaban J connectivity index is 2.28. The van der Waals surface area contributed by atoms with Gasteiger partial charge in [-0.05, 0) is 43.9 Å². The lowest BCUT2D eigenvalue weighted by atomic mass is 9.97. The molecule has 1 heterocycles. The highest BCUT2D eigenvalue weighted by atomic mass is 16.3. The maximum atomic E-state index is 12.1. The summed E-state index contributed by atoms with van der Waals surface area (Å²) in [6.07, 6.45) is 2.06. The Labute approximate surface area is 119 Å². The lowest BCUT2D eigenvalue weighted by molar-refractivity contribution is 0.0956. The summed E-state index contributed by atoms with van der Waals surface area (Å²) >= 11 is 0. The summed E-state index contributed by atoms with van der Waals surface area (Å²) in [6.45, 7) is 4.35. The van der Waals surface area contributed by atoms with E-state index in [1.165, 1.54) is 0 Å². The predicted octanol–water partition coefficient (Wildman–Crippen LogP) is 1.23. The minimum atomic E-state index is -0.0754. The van der Waals surface area contributed by atoms with E-state index in [2.05, 4.69) is 10.2 Å². The van der Waals surface area contributed by atoms with Crippen molar-refractivity contribution >= 4 is 17.3 Å². The first-order valence-corrected chi connectivity index (χ1v) is 7.19. The number of amides is 1. The highest BCUT2D eigenvalue weighted by molar-refractivity contribution is 6.00. The lowest BCUT2D eigenvalue weighted by Crippen LogP contribution is -2.38. The van der Waals surface area contributed by atoms with Crippen LogP contribution in [-0.4, -0.2) is 37.3 Å². The molecule has 0 saturated carbocycles. The van der Waals surface area contributed by atoms with Crippen LogP contribution in [0.2, 0.25) is 0 Å². The Morgan fingerprint density at radius 3 is 3.05 bits per heavy atom. The molecule has 1 unspecified atom stereocenters. The Hall–Kier alpha value is -1.75. The predicted molar refractivity (Wildman–Crippen MR) is 80.9 cm³/mol. The summed E-state index contributed by atoms with van der Waals surface area (Å²) < 4.78 is 0. The lowest BCUT2D eigenvalue weighted by Gasteiger charge is -2.34. The van der Waals surface area contributed by atoms with Crippen LogP contribution in [0, 0.1) is 5.92 Å². The van der Waals surface area contributed by atoms with E-state index < -0.39 is 0 Å². The fourth-order valence-electron chi connectivity index (χ4n) is 2.69. The molecule has 0 aromatic heterocycles. The SMILES string of the molecule is CCNC(=O)c1ccc(N)cc1N1CCCC(CO)C1. The van der Waals surface area contributed by atoms with Crippen molar-refractivity contribution in [2.24, 2.45) is 5.92 Å². The maximum absolute atomic E-state index is 12.1. The van der Waals surface area contributed by atoms with E-state index >= 15 is 0 Å². The molecule has 0 bridgehead atoms. The number of aliphatic hydroxyl groups is 1. The molecule has 110 valence electrons. The minimum Gasteiger partial charge on any atom is -0.399 e. The number of rotatable bonds is 4. The van der Waals surface area contributed by atoms with Gasteiger partial charge in [0.05, 0.1) is 11.3 Å². The van der Waals surface area contributed by atoms with Crippen LogP contribution in [-0.2, 0) is 0 Å². The Morgan fingerprint density at radius 1 is 1.55 bits per heavy atom. The van der Waals surface area contributed by atoms with Crippen LogP contribution in [0.1, 0.15) is 30.1 Å². The molecule has 1 aliphatic heterocycles. The number of piperidine rings is 1. The van der Waals surface area contributed by atoms with Crippen molar-refractivity contribution in [1.82, 2.24) is 5.32 Å². The topological polar surface area (TPSA) is 78.6 Å². The third-order valence-electron chi connectivity index (χ3n) is 3.72. The van der Waals surface area contributed by atoms with Gasteiger partial charge in [-0.25, -0.2) is 0 Å². The van der Waals surface area contributed by atoms with Crippen molar-refractivity contribution in [1.29, 1.82) is 0 Å². The number of nitrogens with zero attached hydrogens (tertiary/aromatic N) is 1. The average Bonchev–Trinajstić information content (AvgIpc) is 2.47. The van der Waals surface area contributed by atoms with Gasteiger partial charge in [-0.1, -0.05) is 0 Å². The van der Waals surface area contributed by atoms with Gasteiger partial charge < -0.3 is 21.1 Å². The largest absolute Gasteiger partial charge is 0.399 e. The summed E-state index contributed by atoms with van der Waals surface area (Å²) in [5, 5.41) is 12.2. The number of nitrogen functional groups attached to an aromatic ring is 1. The zero-order chi connectivity index (χ0) is 14.5. The molecule has 1 aromatic rings. The van der Waals surface area contributed by atoms with Gasteiger partial charge in [0, 0.05) is 31.9 Å². The molecule has 1 atom stereocenters. The molecule has 0 aliphatic carbocycles. The molecule has 5 heteroatoms. The number of nitrogens with one attached hydrogen (secondary N) is 1. The van der Waals surface area contributed by atoms with Crippen LogP contribution in [0.5, 0.6) is 0 Å². The third kappa shape index (κ3) is 3.22. The van der Waals surface area contributed by atoms with E-state index in [4.69, 9.17) is 5.73 Å². The van der Waals surface area contributed by atoms with Crippen molar-refractivity contribution in [3.05, 3.63) is 23.8 Å². The highest BCUT2D eigenvalue weighted by Crippen LogP contribution is 2.28. The molecular weight excluding hydrogens is 254 g/mol. The van der Waals surface area contributed by atoms with E-state index in [1.54, 1.807) is 12.1 Å². The van der Waals surface area contributed by atoms with Crippen LogP contribution >= 0.6 is 0 Å². The van der Waals surface area contributed by atoms with Crippen molar-refractivity contribution in [3.63, 3.8) is 0 Å². The molecule has 2 rings (SSSR count). The monoisotopic (exact) mass is 277 g/mol. The molecule has 4 N–H and O–H groups in total. The number of hydrogen-bond donors (Lipinski definition) is 3. The molecule has 1 fully saturated rings. The van der Waals surface area contributed by atoms with E-state index in [-0.39, 0.29) is 18.4 Å². The van der Waals surface area contributed by atoms with Crippen LogP contribution < -0.4 is 16.0 Å². The number of benzene rings is 1. The molecular formula is C15H23N3O2. The van der Waals surface area contributed by atoms with Crippen molar-refractivity contribution in [3.8, 4) is 0 Å². The third-order valence-corrected chi connectivity index (χ3v) is 3.72. The number of anilines is 2. The van der Waals surface area contributed by atoms with Gasteiger partial charge in [-0.3, -0.25) is 4.79 Å². The summed E-state index contributed by atoms with van der Waals surface area (Å²) in [5.74, 6) is 0.195. The standard InChI is InChI=1S/C15H23N3O2/c1-2-17-15(20)13-6-5-12(16)8-14(13)18-7-3-4-11(9-18)10-19/h5-6,8,11,19H,2-4,7,9-10,16H2,1H3,(H,17,20). The summed E-state index contributed by atoms with van der Waals surface area (Å²) in [5.41, 5.74) is 8.04. The molecule has 1 saturated heterocycles. The van der Waals surface area contributed by atoms with E-state index in [1.807, 2.05) is 13.0 Å². The first-order chi connectivity index (χ1) is 9.65. The van der Waals surface area contributed by atoms with Gasteiger partial charge in [0.25, 0.3) is 5.91 Å². The minimum absolute atomic E-state index is 0.0754. The summed E-state index contributed by atoms with van der Waals surface area (Å²) in [4.78, 5) is 14.3. The summed E-state index contributed by atoms with van der Waals surface area (Å²) in [6, 6.07) is 5.38. The molecule has 1 aliphatic rings. The second-order valence-electron chi connectivity index (χ2n) is 5.27. The Morgan fingerprint density at radius 2 is 2.35 bits per heavy atom. The van der Waals surface area contributed by atoms with Crippen LogP contribution in [0.4, 0.5) is 11.4 Å². The fourth-order valence-corrected chi connectivity index (χ4v) is 2.69. The molecule has 1 aromatic carbocycles. The normalized spacial score (nSPS) is 18.9. The second-order valence-corrected chi connectivity index (χ2v) is 5.27.